The van der Waals surface area contributed by atoms with E-state index < -0.39 is 10.0 Å². The summed E-state index contributed by atoms with van der Waals surface area (Å²) in [6.07, 6.45) is 2.66. The number of para-hydroxylation sites is 1. The fraction of sp³-hybridized carbons (Fsp3) is 0.286. The van der Waals surface area contributed by atoms with Gasteiger partial charge in [-0.2, -0.15) is 0 Å². The smallest absolute Gasteiger partial charge is 0.242 e. The Hall–Kier alpha value is -1.96. The highest BCUT2D eigenvalue weighted by Crippen LogP contribution is 2.27. The molecule has 2 heterocycles. The zero-order valence-electron chi connectivity index (χ0n) is 15.6. The van der Waals surface area contributed by atoms with E-state index >= 15 is 0 Å². The van der Waals surface area contributed by atoms with Crippen LogP contribution in [0.25, 0.3) is 10.9 Å². The number of aryl methyl sites for hydroxylation is 1. The Morgan fingerprint density at radius 1 is 1.21 bits per heavy atom. The van der Waals surface area contributed by atoms with Crippen molar-refractivity contribution in [1.82, 2.24) is 9.71 Å². The Labute approximate surface area is 174 Å². The fourth-order valence-electron chi connectivity index (χ4n) is 3.67. The standard InChI is InChI=1S/C21H22BrN3O2S/c1-15-10-17-4-2-7-20(21(17)23-12-15)28(26,27)24-13-16-8-9-25(14-16)19-6-3-5-18(22)11-19/h2-7,10-12,16,24H,8-9,13-14H2,1H3. The van der Waals surface area contributed by atoms with Crippen molar-refractivity contribution >= 4 is 42.5 Å². The van der Waals surface area contributed by atoms with Gasteiger partial charge in [-0.15, -0.1) is 0 Å². The van der Waals surface area contributed by atoms with Gasteiger partial charge in [0.1, 0.15) is 4.90 Å². The second-order valence-electron chi connectivity index (χ2n) is 7.27. The zero-order chi connectivity index (χ0) is 19.7. The number of rotatable bonds is 5. The normalized spacial score (nSPS) is 17.4. The summed E-state index contributed by atoms with van der Waals surface area (Å²) >= 11 is 3.51. The summed E-state index contributed by atoms with van der Waals surface area (Å²) in [5.74, 6) is 0.277. The predicted molar refractivity (Wildman–Crippen MR) is 116 cm³/mol. The molecule has 2 aromatic carbocycles. The van der Waals surface area contributed by atoms with Crippen LogP contribution in [-0.4, -0.2) is 33.0 Å². The summed E-state index contributed by atoms with van der Waals surface area (Å²) in [4.78, 5) is 6.89. The van der Waals surface area contributed by atoms with E-state index in [0.29, 0.717) is 12.1 Å². The number of nitrogens with one attached hydrogen (secondary N) is 1. The molecule has 0 saturated carbocycles. The first-order valence-electron chi connectivity index (χ1n) is 9.28. The van der Waals surface area contributed by atoms with Gasteiger partial charge in [0, 0.05) is 41.4 Å². The molecule has 0 spiro atoms. The molecule has 0 amide bonds. The average molecular weight is 460 g/mol. The van der Waals surface area contributed by atoms with Crippen molar-refractivity contribution in [1.29, 1.82) is 0 Å². The van der Waals surface area contributed by atoms with Crippen molar-refractivity contribution in [3.63, 3.8) is 0 Å². The third kappa shape index (κ3) is 4.06. The van der Waals surface area contributed by atoms with E-state index in [1.807, 2.05) is 31.2 Å². The first-order valence-corrected chi connectivity index (χ1v) is 11.6. The van der Waals surface area contributed by atoms with Crippen molar-refractivity contribution in [3.8, 4) is 0 Å². The molecule has 0 aliphatic carbocycles. The van der Waals surface area contributed by atoms with Gasteiger partial charge < -0.3 is 4.90 Å². The molecule has 0 radical (unpaired) electrons. The Bertz CT molecular complexity index is 1120. The number of pyridine rings is 1. The molecule has 5 nitrogen and oxygen atoms in total. The average Bonchev–Trinajstić information content (AvgIpc) is 3.15. The van der Waals surface area contributed by atoms with Crippen LogP contribution in [0.15, 0.2) is 64.1 Å². The number of hydrogen-bond donors (Lipinski definition) is 1. The molecule has 1 aromatic heterocycles. The molecule has 3 aromatic rings. The maximum absolute atomic E-state index is 12.9. The van der Waals surface area contributed by atoms with Crippen molar-refractivity contribution in [2.24, 2.45) is 5.92 Å². The van der Waals surface area contributed by atoms with E-state index in [4.69, 9.17) is 0 Å². The minimum absolute atomic E-state index is 0.242. The van der Waals surface area contributed by atoms with Crippen molar-refractivity contribution in [3.05, 3.63) is 64.8 Å². The number of nitrogens with zero attached hydrogens (tertiary/aromatic N) is 2. The lowest BCUT2D eigenvalue weighted by Crippen LogP contribution is -2.31. The van der Waals surface area contributed by atoms with Crippen LogP contribution in [0, 0.1) is 12.8 Å². The van der Waals surface area contributed by atoms with Gasteiger partial charge in [-0.3, -0.25) is 4.98 Å². The van der Waals surface area contributed by atoms with Crippen molar-refractivity contribution in [2.75, 3.05) is 24.5 Å². The third-order valence-electron chi connectivity index (χ3n) is 5.12. The molecular weight excluding hydrogens is 438 g/mol. The topological polar surface area (TPSA) is 62.3 Å². The number of fused-ring (bicyclic) bond motifs is 1. The SMILES string of the molecule is Cc1cnc2c(S(=O)(=O)NCC3CCN(c4cccc(Br)c4)C3)cccc2c1. The van der Waals surface area contributed by atoms with Crippen LogP contribution in [0.1, 0.15) is 12.0 Å². The van der Waals surface area contributed by atoms with E-state index in [0.717, 1.165) is 40.6 Å². The highest BCUT2D eigenvalue weighted by Gasteiger charge is 2.25. The first-order chi connectivity index (χ1) is 13.4. The number of benzene rings is 2. The van der Waals surface area contributed by atoms with Crippen LogP contribution in [0.2, 0.25) is 0 Å². The molecule has 1 atom stereocenters. The van der Waals surface area contributed by atoms with Crippen LogP contribution < -0.4 is 9.62 Å². The minimum Gasteiger partial charge on any atom is -0.371 e. The van der Waals surface area contributed by atoms with Crippen LogP contribution in [0.5, 0.6) is 0 Å². The summed E-state index contributed by atoms with van der Waals surface area (Å²) in [5, 5.41) is 0.838. The molecule has 1 unspecified atom stereocenters. The lowest BCUT2D eigenvalue weighted by molar-refractivity contribution is 0.542. The summed E-state index contributed by atoms with van der Waals surface area (Å²) < 4.78 is 29.7. The monoisotopic (exact) mass is 459 g/mol. The maximum Gasteiger partial charge on any atom is 0.242 e. The summed E-state index contributed by atoms with van der Waals surface area (Å²) in [5.41, 5.74) is 2.68. The summed E-state index contributed by atoms with van der Waals surface area (Å²) in [6.45, 7) is 4.14. The molecule has 7 heteroatoms. The predicted octanol–water partition coefficient (Wildman–Crippen LogP) is 4.11. The molecule has 1 aliphatic rings. The van der Waals surface area contributed by atoms with E-state index in [1.165, 1.54) is 0 Å². The highest BCUT2D eigenvalue weighted by atomic mass is 79.9. The van der Waals surface area contributed by atoms with Crippen molar-refractivity contribution in [2.45, 2.75) is 18.2 Å². The zero-order valence-corrected chi connectivity index (χ0v) is 18.0. The molecule has 4 rings (SSSR count). The van der Waals surface area contributed by atoms with Gasteiger partial charge in [0.2, 0.25) is 10.0 Å². The number of hydrogen-bond acceptors (Lipinski definition) is 4. The number of halogens is 1. The van der Waals surface area contributed by atoms with Crippen molar-refractivity contribution < 1.29 is 8.42 Å². The number of sulfonamides is 1. The molecule has 1 saturated heterocycles. The van der Waals surface area contributed by atoms with E-state index in [1.54, 1.807) is 18.3 Å². The fourth-order valence-corrected chi connectivity index (χ4v) is 5.35. The van der Waals surface area contributed by atoms with Gasteiger partial charge in [-0.05, 0) is 55.2 Å². The molecule has 1 aliphatic heterocycles. The Kier molecular flexibility index (Phi) is 5.40. The van der Waals surface area contributed by atoms with Gasteiger partial charge in [-0.25, -0.2) is 13.1 Å². The van der Waals surface area contributed by atoms with Gasteiger partial charge in [0.25, 0.3) is 0 Å². The van der Waals surface area contributed by atoms with Crippen LogP contribution >= 0.6 is 15.9 Å². The highest BCUT2D eigenvalue weighted by molar-refractivity contribution is 9.10. The second kappa shape index (κ2) is 7.81. The van der Waals surface area contributed by atoms with E-state index in [-0.39, 0.29) is 10.8 Å². The van der Waals surface area contributed by atoms with E-state index in [9.17, 15) is 8.42 Å². The lowest BCUT2D eigenvalue weighted by Gasteiger charge is -2.19. The first kappa shape index (κ1) is 19.4. The molecule has 28 heavy (non-hydrogen) atoms. The minimum atomic E-state index is -3.61. The van der Waals surface area contributed by atoms with Gasteiger partial charge in [-0.1, -0.05) is 34.1 Å². The Morgan fingerprint density at radius 3 is 2.86 bits per heavy atom. The van der Waals surface area contributed by atoms with Gasteiger partial charge in [0.05, 0.1) is 5.52 Å². The molecule has 1 fully saturated rings. The Morgan fingerprint density at radius 2 is 2.04 bits per heavy atom. The molecular formula is C21H22BrN3O2S. The molecule has 1 N–H and O–H groups in total. The molecule has 146 valence electrons. The van der Waals surface area contributed by atoms with Gasteiger partial charge in [0.15, 0.2) is 0 Å². The van der Waals surface area contributed by atoms with E-state index in [2.05, 4.69) is 42.7 Å². The van der Waals surface area contributed by atoms with Crippen LogP contribution in [0.4, 0.5) is 5.69 Å². The number of aromatic nitrogens is 1. The summed E-state index contributed by atoms with van der Waals surface area (Å²) in [7, 11) is -3.61. The molecule has 0 bridgehead atoms. The largest absolute Gasteiger partial charge is 0.371 e. The second-order valence-corrected chi connectivity index (χ2v) is 9.92. The van der Waals surface area contributed by atoms with Crippen LogP contribution in [0.3, 0.4) is 0 Å². The third-order valence-corrected chi connectivity index (χ3v) is 7.07. The quantitative estimate of drug-likeness (QED) is 0.623. The Balaban J connectivity index is 1.46. The van der Waals surface area contributed by atoms with Gasteiger partial charge >= 0.3 is 0 Å². The number of anilines is 1. The summed E-state index contributed by atoms with van der Waals surface area (Å²) in [6, 6.07) is 15.4. The lowest BCUT2D eigenvalue weighted by atomic mass is 10.1. The van der Waals surface area contributed by atoms with Crippen LogP contribution in [-0.2, 0) is 10.0 Å². The maximum atomic E-state index is 12.9.